The van der Waals surface area contributed by atoms with Crippen molar-refractivity contribution in [3.63, 3.8) is 0 Å². The molecule has 0 radical (unpaired) electrons. The summed E-state index contributed by atoms with van der Waals surface area (Å²) in [4.78, 5) is 35.2. The Morgan fingerprint density at radius 3 is 2.41 bits per heavy atom. The summed E-state index contributed by atoms with van der Waals surface area (Å²) in [5, 5.41) is 10.8. The summed E-state index contributed by atoms with van der Waals surface area (Å²) in [5.41, 5.74) is 12.8. The number of carbonyl (C=O) groups is 2. The number of nitrogen functional groups attached to an aromatic ring is 1. The van der Waals surface area contributed by atoms with E-state index in [2.05, 4.69) is 46.9 Å². The molecular weight excluding hydrogens is 600 g/mol. The Balaban J connectivity index is 1.55. The topological polar surface area (TPSA) is 118 Å². The van der Waals surface area contributed by atoms with Crippen molar-refractivity contribution in [1.29, 1.82) is 0 Å². The van der Waals surface area contributed by atoms with Crippen LogP contribution in [0.15, 0.2) is 40.6 Å². The molecule has 2 heterocycles. The lowest BCUT2D eigenvalue weighted by molar-refractivity contribution is -0.144. The third-order valence-electron chi connectivity index (χ3n) is 9.07. The number of hydrogen-bond donors (Lipinski definition) is 1. The average Bonchev–Trinajstić information content (AvgIpc) is 3.85. The van der Waals surface area contributed by atoms with Crippen LogP contribution < -0.4 is 5.73 Å². The number of oxime groups is 2. The molecule has 2 aromatic carbocycles. The third-order valence-corrected chi connectivity index (χ3v) is 10.2. The maximum absolute atomic E-state index is 12.4. The van der Waals surface area contributed by atoms with Crippen molar-refractivity contribution in [2.75, 3.05) is 18.1 Å². The van der Waals surface area contributed by atoms with E-state index < -0.39 is 0 Å². The number of benzene rings is 2. The van der Waals surface area contributed by atoms with Crippen LogP contribution in [0.3, 0.4) is 0 Å². The molecule has 46 heavy (non-hydrogen) atoms. The molecule has 0 bridgehead atoms. The smallest absolute Gasteiger partial charge is 0.335 e. The van der Waals surface area contributed by atoms with E-state index in [1.165, 1.54) is 25.7 Å². The number of hydrogen-bond acceptors (Lipinski definition) is 9. The van der Waals surface area contributed by atoms with Gasteiger partial charge in [0.15, 0.2) is 0 Å². The zero-order valence-corrected chi connectivity index (χ0v) is 28.3. The molecule has 1 saturated carbocycles. The van der Waals surface area contributed by atoms with Gasteiger partial charge in [0, 0.05) is 59.2 Å². The van der Waals surface area contributed by atoms with Gasteiger partial charge in [-0.25, -0.2) is 9.59 Å². The van der Waals surface area contributed by atoms with E-state index in [-0.39, 0.29) is 23.8 Å². The van der Waals surface area contributed by atoms with Gasteiger partial charge in [0.1, 0.15) is 5.44 Å². The van der Waals surface area contributed by atoms with E-state index in [9.17, 15) is 9.59 Å². The van der Waals surface area contributed by atoms with Crippen LogP contribution in [0.25, 0.3) is 21.8 Å². The molecule has 2 fully saturated rings. The summed E-state index contributed by atoms with van der Waals surface area (Å²) < 4.78 is 8.05. The number of anilines is 1. The van der Waals surface area contributed by atoms with Crippen molar-refractivity contribution in [3.05, 3.63) is 41.5 Å². The van der Waals surface area contributed by atoms with Gasteiger partial charge in [0.05, 0.1) is 22.6 Å². The van der Waals surface area contributed by atoms with E-state index in [4.69, 9.17) is 20.1 Å². The highest BCUT2D eigenvalue weighted by Crippen LogP contribution is 2.36. The first kappa shape index (κ1) is 34.0. The van der Waals surface area contributed by atoms with Gasteiger partial charge in [-0.1, -0.05) is 62.3 Å². The molecule has 10 heteroatoms. The molecule has 9 nitrogen and oxygen atoms in total. The summed E-state index contributed by atoms with van der Waals surface area (Å²) in [7, 11) is 0. The molecule has 1 saturated heterocycles. The number of unbranched alkanes of at least 4 members (excludes halogenated alkanes) is 1. The minimum atomic E-state index is -0.375. The van der Waals surface area contributed by atoms with E-state index in [0.29, 0.717) is 35.9 Å². The number of thioether (sulfide) groups is 1. The van der Waals surface area contributed by atoms with Crippen molar-refractivity contribution in [2.24, 2.45) is 16.2 Å². The van der Waals surface area contributed by atoms with Crippen molar-refractivity contribution in [2.45, 2.75) is 110 Å². The highest BCUT2D eigenvalue weighted by Gasteiger charge is 2.22. The normalized spacial score (nSPS) is 17.8. The summed E-state index contributed by atoms with van der Waals surface area (Å²) in [6, 6.07) is 10.3. The average molecular weight is 649 g/mol. The van der Waals surface area contributed by atoms with Crippen LogP contribution in [-0.4, -0.2) is 45.7 Å². The zero-order valence-electron chi connectivity index (χ0n) is 27.5. The Labute approximate surface area is 276 Å². The number of rotatable bonds is 15. The molecule has 0 amide bonds. The Kier molecular flexibility index (Phi) is 12.2. The largest absolute Gasteiger partial charge is 0.397 e. The second kappa shape index (κ2) is 16.5. The predicted molar refractivity (Wildman–Crippen MR) is 187 cm³/mol. The molecule has 1 unspecified atom stereocenters. The SMILES string of the molecule is CCCCC(=O)O/N=C(\CCC1CCCC1)c1cc(N)c2c(c1)c1cc(/C(CSC3CCCO3)=N/OC(=O)CC)ccc1n2CC. The number of ether oxygens (including phenoxy) is 1. The van der Waals surface area contributed by atoms with E-state index in [1.54, 1.807) is 18.7 Å². The molecule has 248 valence electrons. The molecule has 3 aromatic rings. The van der Waals surface area contributed by atoms with Crippen LogP contribution in [0, 0.1) is 5.92 Å². The number of nitrogens with zero attached hydrogens (tertiary/aromatic N) is 3. The van der Waals surface area contributed by atoms with Crippen LogP contribution in [0.2, 0.25) is 0 Å². The maximum atomic E-state index is 12.4. The van der Waals surface area contributed by atoms with Gasteiger partial charge in [0.2, 0.25) is 0 Å². The first-order chi connectivity index (χ1) is 22.4. The van der Waals surface area contributed by atoms with Crippen molar-refractivity contribution < 1.29 is 24.0 Å². The van der Waals surface area contributed by atoms with Gasteiger partial charge in [-0.05, 0) is 69.2 Å². The van der Waals surface area contributed by atoms with Crippen molar-refractivity contribution in [3.8, 4) is 0 Å². The third kappa shape index (κ3) is 8.31. The predicted octanol–water partition coefficient (Wildman–Crippen LogP) is 8.33. The van der Waals surface area contributed by atoms with Crippen LogP contribution in [0.4, 0.5) is 5.69 Å². The summed E-state index contributed by atoms with van der Waals surface area (Å²) in [5.74, 6) is 0.533. The Hall–Kier alpha value is -3.37. The van der Waals surface area contributed by atoms with E-state index >= 15 is 0 Å². The van der Waals surface area contributed by atoms with Crippen LogP contribution >= 0.6 is 11.8 Å². The zero-order chi connectivity index (χ0) is 32.5. The van der Waals surface area contributed by atoms with Gasteiger partial charge < -0.3 is 24.7 Å². The number of aryl methyl sites for hydroxylation is 1. The molecule has 2 aliphatic rings. The molecular formula is C36H48N4O5S. The molecule has 5 rings (SSSR count). The fraction of sp³-hybridized carbons (Fsp3) is 0.556. The lowest BCUT2D eigenvalue weighted by Crippen LogP contribution is -2.11. The summed E-state index contributed by atoms with van der Waals surface area (Å²) >= 11 is 1.68. The van der Waals surface area contributed by atoms with Gasteiger partial charge in [-0.3, -0.25) is 0 Å². The molecule has 0 spiro atoms. The van der Waals surface area contributed by atoms with Gasteiger partial charge in [0.25, 0.3) is 0 Å². The Morgan fingerprint density at radius 2 is 1.70 bits per heavy atom. The van der Waals surface area contributed by atoms with Gasteiger partial charge >= 0.3 is 11.9 Å². The Morgan fingerprint density at radius 1 is 0.935 bits per heavy atom. The highest BCUT2D eigenvalue weighted by molar-refractivity contribution is 8.00. The standard InChI is InChI=1S/C36H48N4O5S/c1-4-7-13-34(42)45-38-30(17-15-24-11-8-9-12-24)26-21-28-27-20-25(16-18-32(27)40(6-3)36(28)29(37)22-26)31(39-44-33(41)5-2)23-46-35-14-10-19-43-35/h16,18,20-22,24,35H,4-15,17,19,23,37H2,1-3H3/b38-30+,39-31+. The highest BCUT2D eigenvalue weighted by atomic mass is 32.2. The molecule has 1 atom stereocenters. The van der Waals surface area contributed by atoms with E-state index in [1.807, 2.05) is 12.1 Å². The first-order valence-corrected chi connectivity index (χ1v) is 18.1. The number of fused-ring (bicyclic) bond motifs is 3. The number of carbonyl (C=O) groups excluding carboxylic acids is 2. The summed E-state index contributed by atoms with van der Waals surface area (Å²) in [6.07, 6.45) is 11.1. The van der Waals surface area contributed by atoms with Crippen LogP contribution in [0.1, 0.15) is 109 Å². The first-order valence-electron chi connectivity index (χ1n) is 17.0. The Bertz CT molecular complexity index is 1580. The summed E-state index contributed by atoms with van der Waals surface area (Å²) in [6.45, 7) is 7.42. The minimum Gasteiger partial charge on any atom is -0.397 e. The van der Waals surface area contributed by atoms with E-state index in [0.717, 1.165) is 83.9 Å². The maximum Gasteiger partial charge on any atom is 0.335 e. The fourth-order valence-electron chi connectivity index (χ4n) is 6.49. The minimum absolute atomic E-state index is 0.109. The fourth-order valence-corrected chi connectivity index (χ4v) is 7.57. The molecule has 1 aliphatic carbocycles. The van der Waals surface area contributed by atoms with Crippen molar-refractivity contribution >= 4 is 62.6 Å². The van der Waals surface area contributed by atoms with Crippen LogP contribution in [0.5, 0.6) is 0 Å². The number of nitrogens with two attached hydrogens (primary N) is 1. The van der Waals surface area contributed by atoms with Gasteiger partial charge in [-0.2, -0.15) is 0 Å². The quantitative estimate of drug-likeness (QED) is 0.0762. The van der Waals surface area contributed by atoms with Crippen LogP contribution in [-0.2, 0) is 30.5 Å². The van der Waals surface area contributed by atoms with Gasteiger partial charge in [-0.15, -0.1) is 11.8 Å². The second-order valence-corrected chi connectivity index (χ2v) is 13.5. The molecule has 1 aliphatic heterocycles. The monoisotopic (exact) mass is 648 g/mol. The molecule has 2 N–H and O–H groups in total. The van der Waals surface area contributed by atoms with Crippen molar-refractivity contribution in [1.82, 2.24) is 4.57 Å². The molecule has 1 aromatic heterocycles. The number of aromatic nitrogens is 1. The lowest BCUT2D eigenvalue weighted by Gasteiger charge is -2.13. The second-order valence-electron chi connectivity index (χ2n) is 12.3. The lowest BCUT2D eigenvalue weighted by atomic mass is 9.95.